The van der Waals surface area contributed by atoms with E-state index in [2.05, 4.69) is 11.0 Å². The molecule has 25 heavy (non-hydrogen) atoms. The first-order valence-corrected chi connectivity index (χ1v) is 9.22. The van der Waals surface area contributed by atoms with Crippen LogP contribution in [-0.4, -0.2) is 43.5 Å². The van der Waals surface area contributed by atoms with E-state index >= 15 is 0 Å². The minimum absolute atomic E-state index is 0.517. The Morgan fingerprint density at radius 3 is 2.84 bits per heavy atom. The van der Waals surface area contributed by atoms with Crippen molar-refractivity contribution in [3.63, 3.8) is 0 Å². The zero-order valence-electron chi connectivity index (χ0n) is 14.7. The Labute approximate surface area is 149 Å². The van der Waals surface area contributed by atoms with Crippen molar-refractivity contribution in [2.75, 3.05) is 31.2 Å². The molecule has 2 aliphatic rings. The summed E-state index contributed by atoms with van der Waals surface area (Å²) in [5, 5.41) is 9.51. The summed E-state index contributed by atoms with van der Waals surface area (Å²) < 4.78 is 11.2. The van der Waals surface area contributed by atoms with Gasteiger partial charge in [0.15, 0.2) is 6.10 Å². The summed E-state index contributed by atoms with van der Waals surface area (Å²) in [6.45, 7) is 3.13. The maximum Gasteiger partial charge on any atom is 0.344 e. The number of ether oxygens (including phenoxy) is 2. The SMILES string of the molecule is O=C(O)C(CCC1=CCCCC1)Oc1cccc(N2CCOCC2)c1. The summed E-state index contributed by atoms with van der Waals surface area (Å²) in [5.74, 6) is -0.276. The van der Waals surface area contributed by atoms with Gasteiger partial charge in [0.25, 0.3) is 0 Å². The van der Waals surface area contributed by atoms with Crippen molar-refractivity contribution >= 4 is 11.7 Å². The molecule has 0 aromatic heterocycles. The highest BCUT2D eigenvalue weighted by atomic mass is 16.5. The number of anilines is 1. The largest absolute Gasteiger partial charge is 0.479 e. The van der Waals surface area contributed by atoms with Gasteiger partial charge in [-0.1, -0.05) is 17.7 Å². The second-order valence-electron chi connectivity index (χ2n) is 6.69. The zero-order valence-corrected chi connectivity index (χ0v) is 14.7. The van der Waals surface area contributed by atoms with Gasteiger partial charge in [0.05, 0.1) is 13.2 Å². The summed E-state index contributed by atoms with van der Waals surface area (Å²) in [4.78, 5) is 13.8. The number of carboxylic acids is 1. The fourth-order valence-corrected chi connectivity index (χ4v) is 3.42. The molecule has 1 N–H and O–H groups in total. The first-order chi connectivity index (χ1) is 12.2. The number of allylic oxidation sites excluding steroid dienone is 2. The minimum atomic E-state index is -0.895. The third-order valence-corrected chi connectivity index (χ3v) is 4.86. The van der Waals surface area contributed by atoms with Crippen LogP contribution >= 0.6 is 0 Å². The number of carbonyl (C=O) groups is 1. The van der Waals surface area contributed by atoms with Crippen molar-refractivity contribution in [2.24, 2.45) is 0 Å². The predicted octanol–water partition coefficient (Wildman–Crippen LogP) is 3.64. The van der Waals surface area contributed by atoms with E-state index in [0.29, 0.717) is 12.2 Å². The van der Waals surface area contributed by atoms with E-state index in [9.17, 15) is 9.90 Å². The van der Waals surface area contributed by atoms with Crippen molar-refractivity contribution in [1.82, 2.24) is 0 Å². The first kappa shape index (κ1) is 17.8. The average molecular weight is 345 g/mol. The van der Waals surface area contributed by atoms with E-state index in [1.165, 1.54) is 18.4 Å². The first-order valence-electron chi connectivity index (χ1n) is 9.22. The number of rotatable bonds is 7. The molecular weight excluding hydrogens is 318 g/mol. The van der Waals surface area contributed by atoms with Crippen LogP contribution in [0.1, 0.15) is 38.5 Å². The Hall–Kier alpha value is -2.01. The van der Waals surface area contributed by atoms with E-state index in [1.54, 1.807) is 0 Å². The van der Waals surface area contributed by atoms with Gasteiger partial charge in [-0.15, -0.1) is 0 Å². The Kier molecular flexibility index (Phi) is 6.34. The molecule has 1 aliphatic carbocycles. The monoisotopic (exact) mass is 345 g/mol. The normalized spacial score (nSPS) is 19.2. The van der Waals surface area contributed by atoms with E-state index in [4.69, 9.17) is 9.47 Å². The molecule has 5 heteroatoms. The van der Waals surface area contributed by atoms with Gasteiger partial charge in [-0.3, -0.25) is 0 Å². The summed E-state index contributed by atoms with van der Waals surface area (Å²) in [5.41, 5.74) is 2.43. The van der Waals surface area contributed by atoms with Crippen LogP contribution in [0.25, 0.3) is 0 Å². The molecule has 0 radical (unpaired) electrons. The smallest absolute Gasteiger partial charge is 0.344 e. The van der Waals surface area contributed by atoms with E-state index in [1.807, 2.05) is 24.3 Å². The molecule has 1 unspecified atom stereocenters. The molecule has 0 spiro atoms. The molecule has 1 aromatic carbocycles. The van der Waals surface area contributed by atoms with Crippen LogP contribution in [0.15, 0.2) is 35.9 Å². The number of aliphatic carboxylic acids is 1. The van der Waals surface area contributed by atoms with Gasteiger partial charge >= 0.3 is 5.97 Å². The topological polar surface area (TPSA) is 59.0 Å². The molecule has 0 bridgehead atoms. The minimum Gasteiger partial charge on any atom is -0.479 e. The lowest BCUT2D eigenvalue weighted by atomic mass is 9.95. The van der Waals surface area contributed by atoms with Gasteiger partial charge in [-0.05, 0) is 50.7 Å². The number of benzene rings is 1. The van der Waals surface area contributed by atoms with Crippen molar-refractivity contribution in [3.05, 3.63) is 35.9 Å². The lowest BCUT2D eigenvalue weighted by molar-refractivity contribution is -0.145. The lowest BCUT2D eigenvalue weighted by Gasteiger charge is -2.29. The van der Waals surface area contributed by atoms with Crippen molar-refractivity contribution < 1.29 is 19.4 Å². The quantitative estimate of drug-likeness (QED) is 0.765. The van der Waals surface area contributed by atoms with Gasteiger partial charge in [-0.2, -0.15) is 0 Å². The summed E-state index contributed by atoms with van der Waals surface area (Å²) in [7, 11) is 0. The van der Waals surface area contributed by atoms with E-state index in [-0.39, 0.29) is 0 Å². The van der Waals surface area contributed by atoms with Crippen LogP contribution in [0.4, 0.5) is 5.69 Å². The molecule has 1 saturated heterocycles. The second kappa shape index (κ2) is 8.90. The summed E-state index contributed by atoms with van der Waals surface area (Å²) >= 11 is 0. The van der Waals surface area contributed by atoms with Crippen molar-refractivity contribution in [1.29, 1.82) is 0 Å². The lowest BCUT2D eigenvalue weighted by Crippen LogP contribution is -2.36. The van der Waals surface area contributed by atoms with Crippen LogP contribution in [0.2, 0.25) is 0 Å². The fourth-order valence-electron chi connectivity index (χ4n) is 3.42. The van der Waals surface area contributed by atoms with Gasteiger partial charge in [-0.25, -0.2) is 4.79 Å². The van der Waals surface area contributed by atoms with Crippen LogP contribution in [0.3, 0.4) is 0 Å². The molecule has 5 nitrogen and oxygen atoms in total. The number of hydrogen-bond donors (Lipinski definition) is 1. The van der Waals surface area contributed by atoms with Crippen LogP contribution in [0, 0.1) is 0 Å². The Balaban J connectivity index is 1.61. The van der Waals surface area contributed by atoms with E-state index in [0.717, 1.165) is 51.3 Å². The Bertz CT molecular complexity index is 607. The Morgan fingerprint density at radius 2 is 2.12 bits per heavy atom. The highest BCUT2D eigenvalue weighted by molar-refractivity contribution is 5.72. The fraction of sp³-hybridized carbons (Fsp3) is 0.550. The number of nitrogens with zero attached hydrogens (tertiary/aromatic N) is 1. The van der Waals surface area contributed by atoms with Gasteiger partial charge in [0.1, 0.15) is 5.75 Å². The maximum absolute atomic E-state index is 11.6. The average Bonchev–Trinajstić information content (AvgIpc) is 2.66. The molecule has 136 valence electrons. The van der Waals surface area contributed by atoms with Crippen molar-refractivity contribution in [3.8, 4) is 5.75 Å². The van der Waals surface area contributed by atoms with Gasteiger partial charge < -0.3 is 19.5 Å². The second-order valence-corrected chi connectivity index (χ2v) is 6.69. The number of carboxylic acid groups (broad SMARTS) is 1. The van der Waals surface area contributed by atoms with Crippen LogP contribution in [0.5, 0.6) is 5.75 Å². The van der Waals surface area contributed by atoms with Crippen LogP contribution in [-0.2, 0) is 9.53 Å². The molecule has 1 aliphatic heterocycles. The zero-order chi connectivity index (χ0) is 17.5. The molecule has 1 atom stereocenters. The molecule has 1 aromatic rings. The maximum atomic E-state index is 11.6. The molecule has 0 saturated carbocycles. The van der Waals surface area contributed by atoms with Gasteiger partial charge in [0, 0.05) is 24.8 Å². The number of hydrogen-bond acceptors (Lipinski definition) is 4. The van der Waals surface area contributed by atoms with E-state index < -0.39 is 12.1 Å². The predicted molar refractivity (Wildman–Crippen MR) is 97.3 cm³/mol. The molecule has 1 heterocycles. The molecule has 1 fully saturated rings. The molecule has 0 amide bonds. The van der Waals surface area contributed by atoms with Crippen molar-refractivity contribution in [2.45, 2.75) is 44.6 Å². The molecule has 3 rings (SSSR count). The van der Waals surface area contributed by atoms with Crippen LogP contribution < -0.4 is 9.64 Å². The standard InChI is InChI=1S/C20H27NO4/c22-20(23)19(10-9-16-5-2-1-3-6-16)25-18-8-4-7-17(15-18)21-11-13-24-14-12-21/h4-5,7-8,15,19H,1-3,6,9-14H2,(H,22,23). The Morgan fingerprint density at radius 1 is 1.28 bits per heavy atom. The highest BCUT2D eigenvalue weighted by Crippen LogP contribution is 2.26. The highest BCUT2D eigenvalue weighted by Gasteiger charge is 2.21. The third kappa shape index (κ3) is 5.23. The third-order valence-electron chi connectivity index (χ3n) is 4.86. The summed E-state index contributed by atoms with van der Waals surface area (Å²) in [6, 6.07) is 7.71. The summed E-state index contributed by atoms with van der Waals surface area (Å²) in [6.07, 6.45) is 7.46. The molecular formula is C20H27NO4. The number of morpholine rings is 1. The van der Waals surface area contributed by atoms with Gasteiger partial charge in [0.2, 0.25) is 0 Å².